The molecule has 0 aliphatic carbocycles. The molecule has 0 spiro atoms. The SMILES string of the molecule is CCCCNC(=O)N1CCN(S(C)(=O)=O)C(C(=O)NCCc2cncn2Cc2ccc(C#N)cc2)C1. The molecule has 194 valence electrons. The van der Waals surface area contributed by atoms with Gasteiger partial charge in [0.15, 0.2) is 0 Å². The molecule has 1 unspecified atom stereocenters. The van der Waals surface area contributed by atoms with Crippen LogP contribution in [0.2, 0.25) is 0 Å². The summed E-state index contributed by atoms with van der Waals surface area (Å²) in [6.07, 6.45) is 6.79. The molecule has 36 heavy (non-hydrogen) atoms. The number of hydrogen-bond acceptors (Lipinski definition) is 6. The monoisotopic (exact) mass is 515 g/mol. The number of benzene rings is 1. The molecule has 1 fully saturated rings. The van der Waals surface area contributed by atoms with Crippen LogP contribution in [0.3, 0.4) is 0 Å². The van der Waals surface area contributed by atoms with E-state index in [1.165, 1.54) is 4.90 Å². The van der Waals surface area contributed by atoms with Crippen LogP contribution in [0.4, 0.5) is 4.79 Å². The number of unbranched alkanes of at least 4 members (excludes halogenated alkanes) is 1. The molecule has 0 bridgehead atoms. The first-order chi connectivity index (χ1) is 17.2. The van der Waals surface area contributed by atoms with Crippen LogP contribution in [0.25, 0.3) is 0 Å². The maximum absolute atomic E-state index is 13.0. The van der Waals surface area contributed by atoms with Crippen molar-refractivity contribution in [3.05, 3.63) is 53.6 Å². The molecular formula is C24H33N7O4S. The Morgan fingerprint density at radius 3 is 2.58 bits per heavy atom. The lowest BCUT2D eigenvalue weighted by Gasteiger charge is -2.38. The lowest BCUT2D eigenvalue weighted by Crippen LogP contribution is -2.62. The van der Waals surface area contributed by atoms with Gasteiger partial charge < -0.3 is 20.1 Å². The summed E-state index contributed by atoms with van der Waals surface area (Å²) in [4.78, 5) is 31.2. The number of carbonyl (C=O) groups is 2. The summed E-state index contributed by atoms with van der Waals surface area (Å²) in [6, 6.07) is 8.11. The molecule has 1 aliphatic rings. The number of nitriles is 1. The van der Waals surface area contributed by atoms with Crippen molar-refractivity contribution in [3.63, 3.8) is 0 Å². The zero-order valence-corrected chi connectivity index (χ0v) is 21.5. The molecule has 2 heterocycles. The average Bonchev–Trinajstić information content (AvgIpc) is 3.30. The second-order valence-corrected chi connectivity index (χ2v) is 10.7. The fourth-order valence-electron chi connectivity index (χ4n) is 4.06. The lowest BCUT2D eigenvalue weighted by atomic mass is 10.1. The van der Waals surface area contributed by atoms with Gasteiger partial charge in [-0.1, -0.05) is 25.5 Å². The van der Waals surface area contributed by atoms with Gasteiger partial charge in [-0.25, -0.2) is 18.2 Å². The summed E-state index contributed by atoms with van der Waals surface area (Å²) in [5.74, 6) is -0.440. The van der Waals surface area contributed by atoms with Crippen LogP contribution in [-0.4, -0.2) is 84.1 Å². The van der Waals surface area contributed by atoms with Gasteiger partial charge in [0, 0.05) is 57.6 Å². The third-order valence-electron chi connectivity index (χ3n) is 6.07. The summed E-state index contributed by atoms with van der Waals surface area (Å²) < 4.78 is 27.7. The van der Waals surface area contributed by atoms with Crippen molar-refractivity contribution in [2.45, 2.75) is 38.8 Å². The van der Waals surface area contributed by atoms with Gasteiger partial charge in [0.25, 0.3) is 0 Å². The van der Waals surface area contributed by atoms with Gasteiger partial charge >= 0.3 is 6.03 Å². The molecule has 1 aromatic heterocycles. The van der Waals surface area contributed by atoms with E-state index in [4.69, 9.17) is 5.26 Å². The zero-order valence-electron chi connectivity index (χ0n) is 20.7. The van der Waals surface area contributed by atoms with E-state index in [-0.39, 0.29) is 32.2 Å². The predicted molar refractivity (Wildman–Crippen MR) is 134 cm³/mol. The molecule has 3 amide bonds. The Morgan fingerprint density at radius 1 is 1.17 bits per heavy atom. The van der Waals surface area contributed by atoms with Crippen molar-refractivity contribution < 1.29 is 18.0 Å². The van der Waals surface area contributed by atoms with Crippen LogP contribution in [0.5, 0.6) is 0 Å². The number of imidazole rings is 1. The number of nitrogens with one attached hydrogen (secondary N) is 2. The quantitative estimate of drug-likeness (QED) is 0.451. The van der Waals surface area contributed by atoms with E-state index < -0.39 is 22.0 Å². The molecule has 0 saturated carbocycles. The highest BCUT2D eigenvalue weighted by molar-refractivity contribution is 7.88. The molecule has 1 aromatic carbocycles. The van der Waals surface area contributed by atoms with Gasteiger partial charge in [-0.3, -0.25) is 4.79 Å². The Balaban J connectivity index is 1.59. The molecule has 1 atom stereocenters. The Hall–Kier alpha value is -3.43. The first kappa shape index (κ1) is 27.2. The first-order valence-corrected chi connectivity index (χ1v) is 13.8. The minimum Gasteiger partial charge on any atom is -0.354 e. The van der Waals surface area contributed by atoms with Crippen molar-refractivity contribution in [1.29, 1.82) is 5.26 Å². The fourth-order valence-corrected chi connectivity index (χ4v) is 5.09. The second kappa shape index (κ2) is 12.5. The van der Waals surface area contributed by atoms with Gasteiger partial charge in [0.05, 0.1) is 24.2 Å². The number of carbonyl (C=O) groups excluding carboxylic acids is 2. The third kappa shape index (κ3) is 7.29. The molecule has 0 radical (unpaired) electrons. The van der Waals surface area contributed by atoms with E-state index in [1.807, 2.05) is 23.6 Å². The van der Waals surface area contributed by atoms with Gasteiger partial charge in [-0.2, -0.15) is 9.57 Å². The van der Waals surface area contributed by atoms with Crippen LogP contribution in [0, 0.1) is 11.3 Å². The summed E-state index contributed by atoms with van der Waals surface area (Å²) in [7, 11) is -3.62. The number of aromatic nitrogens is 2. The highest BCUT2D eigenvalue weighted by atomic mass is 32.2. The second-order valence-electron chi connectivity index (χ2n) is 8.78. The number of rotatable bonds is 10. The fraction of sp³-hybridized carbons (Fsp3) is 0.500. The topological polar surface area (TPSA) is 140 Å². The minimum atomic E-state index is -3.62. The van der Waals surface area contributed by atoms with E-state index in [0.29, 0.717) is 25.1 Å². The van der Waals surface area contributed by atoms with Gasteiger partial charge in [0.2, 0.25) is 15.9 Å². The van der Waals surface area contributed by atoms with Crippen LogP contribution in [0.15, 0.2) is 36.8 Å². The molecule has 2 N–H and O–H groups in total. The van der Waals surface area contributed by atoms with E-state index in [2.05, 4.69) is 21.7 Å². The number of piperazine rings is 1. The van der Waals surface area contributed by atoms with Crippen LogP contribution >= 0.6 is 0 Å². The van der Waals surface area contributed by atoms with Crippen LogP contribution < -0.4 is 10.6 Å². The molecule has 12 heteroatoms. The van der Waals surface area contributed by atoms with E-state index in [9.17, 15) is 18.0 Å². The van der Waals surface area contributed by atoms with Crippen LogP contribution in [0.1, 0.15) is 36.6 Å². The molecule has 1 aliphatic heterocycles. The maximum atomic E-state index is 13.0. The summed E-state index contributed by atoms with van der Waals surface area (Å²) >= 11 is 0. The summed E-state index contributed by atoms with van der Waals surface area (Å²) in [5.41, 5.74) is 2.51. The summed E-state index contributed by atoms with van der Waals surface area (Å²) in [5, 5.41) is 14.6. The zero-order chi connectivity index (χ0) is 26.1. The molecule has 11 nitrogen and oxygen atoms in total. The maximum Gasteiger partial charge on any atom is 0.317 e. The van der Waals surface area contributed by atoms with Gasteiger partial charge in [0.1, 0.15) is 6.04 Å². The Morgan fingerprint density at radius 2 is 1.92 bits per heavy atom. The molecule has 3 rings (SSSR count). The number of sulfonamides is 1. The van der Waals surface area contributed by atoms with Gasteiger partial charge in [-0.05, 0) is 24.1 Å². The smallest absolute Gasteiger partial charge is 0.317 e. The van der Waals surface area contributed by atoms with Crippen molar-refractivity contribution >= 4 is 22.0 Å². The molecule has 2 aromatic rings. The number of nitrogens with zero attached hydrogens (tertiary/aromatic N) is 5. The Bertz CT molecular complexity index is 1190. The summed E-state index contributed by atoms with van der Waals surface area (Å²) in [6.45, 7) is 3.70. The van der Waals surface area contributed by atoms with E-state index in [1.54, 1.807) is 24.7 Å². The highest BCUT2D eigenvalue weighted by Crippen LogP contribution is 2.15. The van der Waals surface area contributed by atoms with Crippen molar-refractivity contribution in [2.24, 2.45) is 0 Å². The van der Waals surface area contributed by atoms with E-state index in [0.717, 1.165) is 34.7 Å². The first-order valence-electron chi connectivity index (χ1n) is 12.0. The largest absolute Gasteiger partial charge is 0.354 e. The Kier molecular flexibility index (Phi) is 9.44. The predicted octanol–water partition coefficient (Wildman–Crippen LogP) is 0.917. The minimum absolute atomic E-state index is 0.00646. The third-order valence-corrected chi connectivity index (χ3v) is 7.36. The number of hydrogen-bond donors (Lipinski definition) is 2. The van der Waals surface area contributed by atoms with E-state index >= 15 is 0 Å². The molecular weight excluding hydrogens is 482 g/mol. The highest BCUT2D eigenvalue weighted by Gasteiger charge is 2.38. The normalized spacial score (nSPS) is 16.4. The number of amides is 3. The van der Waals surface area contributed by atoms with Crippen molar-refractivity contribution in [3.8, 4) is 6.07 Å². The lowest BCUT2D eigenvalue weighted by molar-refractivity contribution is -0.126. The van der Waals surface area contributed by atoms with Crippen LogP contribution in [-0.2, 0) is 27.8 Å². The molecule has 1 saturated heterocycles. The Labute approximate surface area is 212 Å². The standard InChI is InChI=1S/C24H33N7O4S/c1-3-4-10-28-24(33)29-12-13-31(36(2,34)35)22(17-29)23(32)27-11-9-21-15-26-18-30(21)16-20-7-5-19(14-25)6-8-20/h5-8,15,18,22H,3-4,9-13,16-17H2,1-2H3,(H,27,32)(H,28,33). The van der Waals surface area contributed by atoms with Crippen molar-refractivity contribution in [1.82, 2.24) is 29.4 Å². The van der Waals surface area contributed by atoms with Gasteiger partial charge in [-0.15, -0.1) is 0 Å². The number of urea groups is 1. The average molecular weight is 516 g/mol. The van der Waals surface area contributed by atoms with Crippen molar-refractivity contribution in [2.75, 3.05) is 39.0 Å².